The van der Waals surface area contributed by atoms with Gasteiger partial charge in [0.25, 0.3) is 0 Å². The van der Waals surface area contributed by atoms with Gasteiger partial charge in [-0.2, -0.15) is 0 Å². The molecule has 0 saturated carbocycles. The molecule has 0 aliphatic carbocycles. The van der Waals surface area contributed by atoms with Gasteiger partial charge in [-0.05, 0) is 51.3 Å². The van der Waals surface area contributed by atoms with Crippen molar-refractivity contribution in [1.29, 1.82) is 0 Å². The zero-order valence-corrected chi connectivity index (χ0v) is 9.56. The summed E-state index contributed by atoms with van der Waals surface area (Å²) in [6, 6.07) is 0. The van der Waals surface area contributed by atoms with Gasteiger partial charge < -0.3 is 0 Å². The number of aromatic nitrogens is 1. The SMILES string of the molecule is CC(=O)Cc1c(C)c(C)nc(C)c1C. The third kappa shape index (κ3) is 2.00. The molecule has 0 saturated heterocycles. The molecule has 0 radical (unpaired) electrons. The lowest BCUT2D eigenvalue weighted by Crippen LogP contribution is -2.06. The fraction of sp³-hybridized carbons (Fsp3) is 0.500. The Hall–Kier alpha value is -1.18. The quantitative estimate of drug-likeness (QED) is 0.718. The van der Waals surface area contributed by atoms with E-state index in [1.54, 1.807) is 6.92 Å². The number of Topliss-reactive ketones (excluding diaryl/α,β-unsaturated/α-hetero) is 1. The van der Waals surface area contributed by atoms with Gasteiger partial charge >= 0.3 is 0 Å². The first kappa shape index (κ1) is 10.9. The van der Waals surface area contributed by atoms with Crippen LogP contribution in [-0.2, 0) is 11.2 Å². The lowest BCUT2D eigenvalue weighted by atomic mass is 9.97. The molecule has 0 spiro atoms. The van der Waals surface area contributed by atoms with E-state index in [1.807, 2.05) is 27.7 Å². The Kier molecular flexibility index (Phi) is 3.04. The molecular weight excluding hydrogens is 174 g/mol. The first-order chi connectivity index (χ1) is 6.43. The number of pyridine rings is 1. The highest BCUT2D eigenvalue weighted by molar-refractivity contribution is 5.79. The Balaban J connectivity index is 3.31. The highest BCUT2D eigenvalue weighted by atomic mass is 16.1. The van der Waals surface area contributed by atoms with Crippen LogP contribution < -0.4 is 0 Å². The molecule has 0 aliphatic heterocycles. The van der Waals surface area contributed by atoms with Crippen LogP contribution in [0.15, 0.2) is 0 Å². The van der Waals surface area contributed by atoms with Gasteiger partial charge in [-0.1, -0.05) is 0 Å². The minimum absolute atomic E-state index is 0.209. The first-order valence-corrected chi connectivity index (χ1v) is 4.86. The van der Waals surface area contributed by atoms with E-state index < -0.39 is 0 Å². The zero-order valence-electron chi connectivity index (χ0n) is 9.56. The summed E-state index contributed by atoms with van der Waals surface area (Å²) in [6.07, 6.45) is 0.530. The van der Waals surface area contributed by atoms with Gasteiger partial charge in [0.2, 0.25) is 0 Å². The highest BCUT2D eigenvalue weighted by Crippen LogP contribution is 2.19. The fourth-order valence-electron chi connectivity index (χ4n) is 1.65. The Morgan fingerprint density at radius 2 is 1.50 bits per heavy atom. The minimum atomic E-state index is 0.209. The Morgan fingerprint density at radius 3 is 1.86 bits per heavy atom. The van der Waals surface area contributed by atoms with Crippen LogP contribution in [-0.4, -0.2) is 10.8 Å². The maximum Gasteiger partial charge on any atom is 0.134 e. The second kappa shape index (κ2) is 3.91. The summed E-state index contributed by atoms with van der Waals surface area (Å²) >= 11 is 0. The molecule has 0 aromatic carbocycles. The summed E-state index contributed by atoms with van der Waals surface area (Å²) in [4.78, 5) is 15.5. The van der Waals surface area contributed by atoms with E-state index in [0.717, 1.165) is 28.1 Å². The summed E-state index contributed by atoms with van der Waals surface area (Å²) in [5.41, 5.74) is 5.53. The van der Waals surface area contributed by atoms with Crippen molar-refractivity contribution in [2.24, 2.45) is 0 Å². The lowest BCUT2D eigenvalue weighted by Gasteiger charge is -2.12. The molecule has 0 bridgehead atoms. The van der Waals surface area contributed by atoms with Gasteiger partial charge in [0, 0.05) is 17.8 Å². The van der Waals surface area contributed by atoms with Crippen LogP contribution in [0.2, 0.25) is 0 Å². The van der Waals surface area contributed by atoms with E-state index in [4.69, 9.17) is 0 Å². The van der Waals surface area contributed by atoms with Gasteiger partial charge in [0.15, 0.2) is 0 Å². The third-order valence-corrected chi connectivity index (χ3v) is 2.75. The molecule has 0 fully saturated rings. The summed E-state index contributed by atoms with van der Waals surface area (Å²) in [5.74, 6) is 0.209. The predicted molar refractivity (Wildman–Crippen MR) is 57.6 cm³/mol. The van der Waals surface area contributed by atoms with Crippen LogP contribution in [0, 0.1) is 27.7 Å². The number of carbonyl (C=O) groups is 1. The maximum absolute atomic E-state index is 11.1. The Labute approximate surface area is 85.4 Å². The van der Waals surface area contributed by atoms with Crippen molar-refractivity contribution in [3.63, 3.8) is 0 Å². The minimum Gasteiger partial charge on any atom is -0.300 e. The number of nitrogens with zero attached hydrogens (tertiary/aromatic N) is 1. The van der Waals surface area contributed by atoms with E-state index in [2.05, 4.69) is 4.98 Å². The summed E-state index contributed by atoms with van der Waals surface area (Å²) in [5, 5.41) is 0. The topological polar surface area (TPSA) is 30.0 Å². The average Bonchev–Trinajstić information content (AvgIpc) is 2.09. The van der Waals surface area contributed by atoms with Crippen LogP contribution in [0.3, 0.4) is 0 Å². The van der Waals surface area contributed by atoms with Gasteiger partial charge in [0.1, 0.15) is 5.78 Å². The zero-order chi connectivity index (χ0) is 10.9. The van der Waals surface area contributed by atoms with E-state index in [1.165, 1.54) is 0 Å². The summed E-state index contributed by atoms with van der Waals surface area (Å²) in [6.45, 7) is 9.68. The number of rotatable bonds is 2. The molecular formula is C12H17NO. The molecule has 76 valence electrons. The van der Waals surface area contributed by atoms with Gasteiger partial charge in [-0.25, -0.2) is 0 Å². The summed E-state index contributed by atoms with van der Waals surface area (Å²) < 4.78 is 0. The molecule has 2 heteroatoms. The monoisotopic (exact) mass is 191 g/mol. The van der Waals surface area contributed by atoms with Crippen molar-refractivity contribution in [3.8, 4) is 0 Å². The second-order valence-corrected chi connectivity index (χ2v) is 3.89. The normalized spacial score (nSPS) is 10.4. The van der Waals surface area contributed by atoms with Crippen LogP contribution in [0.4, 0.5) is 0 Å². The van der Waals surface area contributed by atoms with Crippen molar-refractivity contribution in [2.75, 3.05) is 0 Å². The number of ketones is 1. The molecule has 1 aromatic rings. The molecule has 0 aliphatic rings. The molecule has 0 N–H and O–H groups in total. The van der Waals surface area contributed by atoms with E-state index in [0.29, 0.717) is 6.42 Å². The molecule has 1 heterocycles. The van der Waals surface area contributed by atoms with Gasteiger partial charge in [-0.15, -0.1) is 0 Å². The van der Waals surface area contributed by atoms with Crippen molar-refractivity contribution in [2.45, 2.75) is 41.0 Å². The van der Waals surface area contributed by atoms with E-state index in [-0.39, 0.29) is 5.78 Å². The number of aryl methyl sites for hydroxylation is 2. The van der Waals surface area contributed by atoms with Crippen molar-refractivity contribution in [1.82, 2.24) is 4.98 Å². The molecule has 14 heavy (non-hydrogen) atoms. The van der Waals surface area contributed by atoms with Crippen LogP contribution in [0.25, 0.3) is 0 Å². The molecule has 2 nitrogen and oxygen atoms in total. The van der Waals surface area contributed by atoms with Crippen LogP contribution in [0.5, 0.6) is 0 Å². The summed E-state index contributed by atoms with van der Waals surface area (Å²) in [7, 11) is 0. The smallest absolute Gasteiger partial charge is 0.134 e. The molecule has 0 atom stereocenters. The average molecular weight is 191 g/mol. The van der Waals surface area contributed by atoms with Crippen molar-refractivity contribution in [3.05, 3.63) is 28.1 Å². The van der Waals surface area contributed by atoms with Crippen LogP contribution in [0.1, 0.15) is 35.0 Å². The fourth-order valence-corrected chi connectivity index (χ4v) is 1.65. The number of hydrogen-bond donors (Lipinski definition) is 0. The standard InChI is InChI=1S/C12H17NO/c1-7(14)6-12-8(2)10(4)13-11(5)9(12)3/h6H2,1-5H3. The number of hydrogen-bond acceptors (Lipinski definition) is 2. The van der Waals surface area contributed by atoms with E-state index in [9.17, 15) is 4.79 Å². The van der Waals surface area contributed by atoms with Gasteiger partial charge in [0.05, 0.1) is 0 Å². The van der Waals surface area contributed by atoms with Crippen LogP contribution >= 0.6 is 0 Å². The molecule has 0 unspecified atom stereocenters. The Morgan fingerprint density at radius 1 is 1.07 bits per heavy atom. The third-order valence-electron chi connectivity index (χ3n) is 2.75. The first-order valence-electron chi connectivity index (χ1n) is 4.86. The molecule has 0 amide bonds. The maximum atomic E-state index is 11.1. The molecule has 1 aromatic heterocycles. The Bertz CT molecular complexity index is 354. The van der Waals surface area contributed by atoms with Gasteiger partial charge in [-0.3, -0.25) is 9.78 Å². The molecule has 1 rings (SSSR count). The second-order valence-electron chi connectivity index (χ2n) is 3.89. The van der Waals surface area contributed by atoms with E-state index >= 15 is 0 Å². The predicted octanol–water partition coefficient (Wildman–Crippen LogP) is 2.45. The highest BCUT2D eigenvalue weighted by Gasteiger charge is 2.10. The lowest BCUT2D eigenvalue weighted by molar-refractivity contribution is -0.116. The number of carbonyl (C=O) groups excluding carboxylic acids is 1. The largest absolute Gasteiger partial charge is 0.300 e. The van der Waals surface area contributed by atoms with Crippen molar-refractivity contribution >= 4 is 5.78 Å². The van der Waals surface area contributed by atoms with Crippen molar-refractivity contribution < 1.29 is 4.79 Å².